The summed E-state index contributed by atoms with van der Waals surface area (Å²) < 4.78 is 0. The van der Waals surface area contributed by atoms with Crippen LogP contribution in [-0.4, -0.2) is 21.8 Å². The van der Waals surface area contributed by atoms with Gasteiger partial charge >= 0.3 is 0 Å². The van der Waals surface area contributed by atoms with E-state index in [0.29, 0.717) is 24.4 Å². The molecule has 3 aromatic rings. The molecule has 1 aliphatic carbocycles. The van der Waals surface area contributed by atoms with Crippen molar-refractivity contribution >= 4 is 17.6 Å². The molecule has 0 saturated carbocycles. The zero-order valence-electron chi connectivity index (χ0n) is 18.5. The number of aromatic nitrogens is 2. The van der Waals surface area contributed by atoms with Gasteiger partial charge in [0.2, 0.25) is 5.91 Å². The van der Waals surface area contributed by atoms with Crippen LogP contribution in [0.25, 0.3) is 0 Å². The molecule has 2 aliphatic rings. The van der Waals surface area contributed by atoms with Crippen molar-refractivity contribution in [1.82, 2.24) is 15.3 Å². The molecule has 1 spiro atoms. The number of carbonyl (C=O) groups is 2. The molecule has 2 unspecified atom stereocenters. The number of rotatable bonds is 3. The molecular weight excluding hydrogens is 400 g/mol. The minimum absolute atomic E-state index is 0.0368. The summed E-state index contributed by atoms with van der Waals surface area (Å²) in [6.07, 6.45) is 4.53. The summed E-state index contributed by atoms with van der Waals surface area (Å²) in [5, 5.41) is 6.09. The lowest BCUT2D eigenvalue weighted by atomic mass is 9.79. The van der Waals surface area contributed by atoms with Gasteiger partial charge in [0.15, 0.2) is 0 Å². The molecule has 1 aliphatic heterocycles. The van der Waals surface area contributed by atoms with E-state index in [1.54, 1.807) is 12.4 Å². The van der Waals surface area contributed by atoms with Crippen LogP contribution in [0.1, 0.15) is 59.6 Å². The van der Waals surface area contributed by atoms with E-state index in [1.807, 2.05) is 48.5 Å². The smallest absolute Gasteiger partial charge is 0.270 e. The summed E-state index contributed by atoms with van der Waals surface area (Å²) in [7, 11) is 0. The number of nitrogens with zero attached hydrogens (tertiary/aromatic N) is 2. The van der Waals surface area contributed by atoms with E-state index >= 15 is 0 Å². The van der Waals surface area contributed by atoms with Crippen molar-refractivity contribution in [2.45, 2.75) is 45.1 Å². The minimum Gasteiger partial charge on any atom is -0.343 e. The lowest BCUT2D eigenvalue weighted by Gasteiger charge is -2.32. The van der Waals surface area contributed by atoms with Crippen LogP contribution in [0.2, 0.25) is 0 Å². The second-order valence-electron chi connectivity index (χ2n) is 9.81. The molecule has 2 amide bonds. The van der Waals surface area contributed by atoms with Crippen LogP contribution < -0.4 is 10.6 Å². The Morgan fingerprint density at radius 1 is 1.06 bits per heavy atom. The highest BCUT2D eigenvalue weighted by atomic mass is 16.2. The van der Waals surface area contributed by atoms with Crippen molar-refractivity contribution < 1.29 is 9.59 Å². The molecule has 0 saturated heterocycles. The summed E-state index contributed by atoms with van der Waals surface area (Å²) >= 11 is 0. The topological polar surface area (TPSA) is 84.0 Å². The van der Waals surface area contributed by atoms with Gasteiger partial charge < -0.3 is 10.6 Å². The van der Waals surface area contributed by atoms with Gasteiger partial charge in [-0.3, -0.25) is 14.6 Å². The highest BCUT2D eigenvalue weighted by Crippen LogP contribution is 2.46. The van der Waals surface area contributed by atoms with Crippen LogP contribution >= 0.6 is 0 Å². The maximum absolute atomic E-state index is 13.2. The number of carbonyl (C=O) groups excluding carboxylic acids is 2. The van der Waals surface area contributed by atoms with Crippen LogP contribution in [0.4, 0.5) is 5.82 Å². The Hall–Kier alpha value is -3.54. The van der Waals surface area contributed by atoms with Crippen molar-refractivity contribution in [1.29, 1.82) is 0 Å². The van der Waals surface area contributed by atoms with Gasteiger partial charge in [-0.05, 0) is 47.1 Å². The fraction of sp³-hybridized carbons (Fsp3) is 0.308. The van der Waals surface area contributed by atoms with E-state index < -0.39 is 5.41 Å². The number of fused-ring (bicyclic) bond motifs is 3. The van der Waals surface area contributed by atoms with E-state index in [0.717, 1.165) is 22.3 Å². The number of pyridine rings is 2. The molecule has 3 heterocycles. The summed E-state index contributed by atoms with van der Waals surface area (Å²) in [6.45, 7) is 6.32. The summed E-state index contributed by atoms with van der Waals surface area (Å²) in [4.78, 5) is 34.9. The first-order chi connectivity index (χ1) is 15.3. The molecule has 2 N–H and O–H groups in total. The Balaban J connectivity index is 1.42. The molecule has 32 heavy (non-hydrogen) atoms. The molecule has 2 aromatic heterocycles. The van der Waals surface area contributed by atoms with Gasteiger partial charge in [0.1, 0.15) is 11.5 Å². The SMILES string of the molecule is CC(C)(C)C(NC(=O)c1cc2c(cn1)CC1(C2)C(=O)Nc2ncccc21)c1ccccc1. The largest absolute Gasteiger partial charge is 0.343 e. The number of hydrogen-bond donors (Lipinski definition) is 2. The van der Waals surface area contributed by atoms with E-state index in [-0.39, 0.29) is 23.3 Å². The molecule has 0 fully saturated rings. The molecule has 2 atom stereocenters. The summed E-state index contributed by atoms with van der Waals surface area (Å²) in [5.41, 5.74) is 3.50. The van der Waals surface area contributed by atoms with E-state index in [9.17, 15) is 9.59 Å². The van der Waals surface area contributed by atoms with E-state index in [2.05, 4.69) is 41.4 Å². The van der Waals surface area contributed by atoms with Crippen molar-refractivity contribution in [3.05, 3.63) is 88.9 Å². The van der Waals surface area contributed by atoms with Gasteiger partial charge in [-0.15, -0.1) is 0 Å². The number of hydrogen-bond acceptors (Lipinski definition) is 4. The van der Waals surface area contributed by atoms with Crippen molar-refractivity contribution in [2.24, 2.45) is 5.41 Å². The highest BCUT2D eigenvalue weighted by Gasteiger charge is 2.51. The van der Waals surface area contributed by atoms with Crippen LogP contribution in [0.5, 0.6) is 0 Å². The van der Waals surface area contributed by atoms with Crippen molar-refractivity contribution in [3.63, 3.8) is 0 Å². The first-order valence-electron chi connectivity index (χ1n) is 10.9. The number of anilines is 1. The summed E-state index contributed by atoms with van der Waals surface area (Å²) in [5.74, 6) is 0.382. The maximum Gasteiger partial charge on any atom is 0.270 e. The average Bonchev–Trinajstić information content (AvgIpc) is 3.29. The Bertz CT molecular complexity index is 1220. The maximum atomic E-state index is 13.2. The fourth-order valence-electron chi connectivity index (χ4n) is 4.93. The van der Waals surface area contributed by atoms with E-state index in [4.69, 9.17) is 0 Å². The standard InChI is InChI=1S/C26H26N4O2/c1-25(2,3)21(16-8-5-4-6-9-16)29-23(31)20-12-17-13-26(14-18(17)15-28-20)19-10-7-11-27-22(19)30-24(26)32/h4-12,15,21H,13-14H2,1-3H3,(H,29,31)(H,27,30,32). The molecular formula is C26H26N4O2. The zero-order valence-corrected chi connectivity index (χ0v) is 18.5. The Labute approximate surface area is 187 Å². The van der Waals surface area contributed by atoms with Crippen LogP contribution in [-0.2, 0) is 23.1 Å². The van der Waals surface area contributed by atoms with Gasteiger partial charge in [-0.1, -0.05) is 57.2 Å². The lowest BCUT2D eigenvalue weighted by molar-refractivity contribution is -0.120. The molecule has 0 bridgehead atoms. The molecule has 1 aromatic carbocycles. The second-order valence-corrected chi connectivity index (χ2v) is 9.81. The van der Waals surface area contributed by atoms with E-state index in [1.165, 1.54) is 0 Å². The Morgan fingerprint density at radius 3 is 2.56 bits per heavy atom. The molecule has 0 radical (unpaired) electrons. The van der Waals surface area contributed by atoms with Crippen LogP contribution in [0.3, 0.4) is 0 Å². The monoisotopic (exact) mass is 426 g/mol. The minimum atomic E-state index is -0.666. The second kappa shape index (κ2) is 7.26. The third kappa shape index (κ3) is 3.27. The van der Waals surface area contributed by atoms with Gasteiger partial charge in [0.05, 0.1) is 11.5 Å². The van der Waals surface area contributed by atoms with Gasteiger partial charge in [0.25, 0.3) is 5.91 Å². The van der Waals surface area contributed by atoms with Crippen molar-refractivity contribution in [2.75, 3.05) is 5.32 Å². The molecule has 6 heteroatoms. The third-order valence-electron chi connectivity index (χ3n) is 6.56. The van der Waals surface area contributed by atoms with Gasteiger partial charge in [-0.25, -0.2) is 4.98 Å². The number of benzene rings is 1. The predicted molar refractivity (Wildman–Crippen MR) is 122 cm³/mol. The predicted octanol–water partition coefficient (Wildman–Crippen LogP) is 3.98. The normalized spacial score (nSPS) is 19.9. The number of nitrogens with one attached hydrogen (secondary N) is 2. The molecule has 6 nitrogen and oxygen atoms in total. The number of amides is 2. The first-order valence-corrected chi connectivity index (χ1v) is 10.9. The first kappa shape index (κ1) is 20.4. The van der Waals surface area contributed by atoms with Crippen LogP contribution in [0.15, 0.2) is 60.9 Å². The lowest BCUT2D eigenvalue weighted by Crippen LogP contribution is -2.37. The third-order valence-corrected chi connectivity index (χ3v) is 6.56. The zero-order chi connectivity index (χ0) is 22.5. The Morgan fingerprint density at radius 2 is 1.81 bits per heavy atom. The molecule has 5 rings (SSSR count). The van der Waals surface area contributed by atoms with Gasteiger partial charge in [-0.2, -0.15) is 0 Å². The highest BCUT2D eigenvalue weighted by molar-refractivity contribution is 6.06. The summed E-state index contributed by atoms with van der Waals surface area (Å²) in [6, 6.07) is 15.5. The van der Waals surface area contributed by atoms with Crippen molar-refractivity contribution in [3.8, 4) is 0 Å². The Kier molecular flexibility index (Phi) is 4.62. The van der Waals surface area contributed by atoms with Gasteiger partial charge in [0, 0.05) is 18.0 Å². The fourth-order valence-corrected chi connectivity index (χ4v) is 4.93. The average molecular weight is 427 g/mol. The molecule has 162 valence electrons. The quantitative estimate of drug-likeness (QED) is 0.664. The van der Waals surface area contributed by atoms with Crippen LogP contribution in [0, 0.1) is 5.41 Å².